The summed E-state index contributed by atoms with van der Waals surface area (Å²) in [5.41, 5.74) is 1.40. The Morgan fingerprint density at radius 3 is 2.46 bits per heavy atom. The van der Waals surface area contributed by atoms with Crippen LogP contribution in [0, 0.1) is 0 Å². The quantitative estimate of drug-likeness (QED) is 0.213. The normalized spacial score (nSPS) is 10.8. The Kier molecular flexibility index (Phi) is 5.03. The van der Waals surface area contributed by atoms with Crippen molar-refractivity contribution in [2.75, 3.05) is 0 Å². The first-order valence-corrected chi connectivity index (χ1v) is 9.49. The van der Waals surface area contributed by atoms with Crippen LogP contribution >= 0.6 is 27.5 Å². The van der Waals surface area contributed by atoms with Crippen molar-refractivity contribution in [3.8, 4) is 16.9 Å². The molecule has 0 unspecified atom stereocenters. The molecule has 28 heavy (non-hydrogen) atoms. The molecule has 0 spiro atoms. The second kappa shape index (κ2) is 7.62. The van der Waals surface area contributed by atoms with Crippen molar-refractivity contribution in [3.05, 3.63) is 98.3 Å². The van der Waals surface area contributed by atoms with Gasteiger partial charge in [-0.05, 0) is 64.0 Å². The Bertz CT molecular complexity index is 1250. The Balaban J connectivity index is 1.67. The number of carbonyl (C=O) groups is 1. The van der Waals surface area contributed by atoms with E-state index in [4.69, 9.17) is 20.8 Å². The molecule has 0 aliphatic rings. The number of hydrogen-bond donors (Lipinski definition) is 0. The van der Waals surface area contributed by atoms with Crippen LogP contribution in [0.15, 0.2) is 86.5 Å². The Hall–Kier alpha value is -2.89. The minimum absolute atomic E-state index is 0.288. The van der Waals surface area contributed by atoms with E-state index < -0.39 is 11.6 Å². The molecule has 0 atom stereocenters. The van der Waals surface area contributed by atoms with Gasteiger partial charge in [0.1, 0.15) is 11.3 Å². The molecule has 0 aliphatic carbocycles. The molecule has 6 heteroatoms. The standard InChI is InChI=1S/C22H12BrClO4/c23-19-4-2-1-3-17(19)21(25)27-16-10-7-14-11-18(22(26)28-20(14)12-16)13-5-8-15(24)9-6-13/h1-12H. The van der Waals surface area contributed by atoms with E-state index in [0.29, 0.717) is 37.2 Å². The van der Waals surface area contributed by atoms with Gasteiger partial charge in [-0.2, -0.15) is 0 Å². The minimum atomic E-state index is -0.507. The van der Waals surface area contributed by atoms with Crippen LogP contribution in [0.25, 0.3) is 22.1 Å². The summed E-state index contributed by atoms with van der Waals surface area (Å²) in [6, 6.07) is 20.6. The fourth-order valence-corrected chi connectivity index (χ4v) is 3.35. The molecule has 0 saturated carbocycles. The first-order valence-electron chi connectivity index (χ1n) is 8.32. The average molecular weight is 456 g/mol. The highest BCUT2D eigenvalue weighted by molar-refractivity contribution is 9.10. The largest absolute Gasteiger partial charge is 0.423 e. The predicted octanol–water partition coefficient (Wildman–Crippen LogP) is 6.10. The number of fused-ring (bicyclic) bond motifs is 1. The molecule has 4 rings (SSSR count). The van der Waals surface area contributed by atoms with Crippen molar-refractivity contribution < 1.29 is 13.9 Å². The second-order valence-electron chi connectivity index (χ2n) is 6.02. The maximum Gasteiger partial charge on any atom is 0.344 e. The van der Waals surface area contributed by atoms with Crippen LogP contribution in [0.2, 0.25) is 5.02 Å². The average Bonchev–Trinajstić information content (AvgIpc) is 2.68. The van der Waals surface area contributed by atoms with Crippen LogP contribution in [0.3, 0.4) is 0 Å². The van der Waals surface area contributed by atoms with E-state index in [1.54, 1.807) is 60.7 Å². The zero-order valence-electron chi connectivity index (χ0n) is 14.3. The Morgan fingerprint density at radius 2 is 1.71 bits per heavy atom. The minimum Gasteiger partial charge on any atom is -0.423 e. The third-order valence-corrected chi connectivity index (χ3v) is 5.11. The van der Waals surface area contributed by atoms with E-state index in [0.717, 1.165) is 0 Å². The maximum atomic E-state index is 12.4. The van der Waals surface area contributed by atoms with E-state index >= 15 is 0 Å². The molecule has 0 saturated heterocycles. The lowest BCUT2D eigenvalue weighted by Crippen LogP contribution is -2.09. The first-order chi connectivity index (χ1) is 13.5. The monoisotopic (exact) mass is 454 g/mol. The summed E-state index contributed by atoms with van der Waals surface area (Å²) < 4.78 is 11.5. The van der Waals surface area contributed by atoms with Crippen LogP contribution in [-0.4, -0.2) is 5.97 Å². The molecular formula is C22H12BrClO4. The molecule has 4 nitrogen and oxygen atoms in total. The van der Waals surface area contributed by atoms with E-state index in [1.807, 2.05) is 6.07 Å². The summed E-state index contributed by atoms with van der Waals surface area (Å²) in [6.45, 7) is 0. The number of hydrogen-bond acceptors (Lipinski definition) is 4. The molecule has 0 radical (unpaired) electrons. The number of rotatable bonds is 3. The zero-order chi connectivity index (χ0) is 19.7. The number of benzene rings is 3. The van der Waals surface area contributed by atoms with Crippen LogP contribution in [0.4, 0.5) is 0 Å². The molecule has 0 fully saturated rings. The van der Waals surface area contributed by atoms with E-state index in [2.05, 4.69) is 15.9 Å². The van der Waals surface area contributed by atoms with E-state index in [9.17, 15) is 9.59 Å². The third kappa shape index (κ3) is 3.72. The summed E-state index contributed by atoms with van der Waals surface area (Å²) in [4.78, 5) is 24.8. The van der Waals surface area contributed by atoms with Gasteiger partial charge in [0.05, 0.1) is 11.1 Å². The third-order valence-electron chi connectivity index (χ3n) is 4.17. The van der Waals surface area contributed by atoms with Crippen LogP contribution in [0.5, 0.6) is 5.75 Å². The van der Waals surface area contributed by atoms with Gasteiger partial charge in [-0.1, -0.05) is 35.9 Å². The smallest absolute Gasteiger partial charge is 0.344 e. The van der Waals surface area contributed by atoms with Crippen molar-refractivity contribution in [2.45, 2.75) is 0 Å². The second-order valence-corrected chi connectivity index (χ2v) is 7.31. The topological polar surface area (TPSA) is 56.5 Å². The van der Waals surface area contributed by atoms with Gasteiger partial charge in [-0.3, -0.25) is 0 Å². The van der Waals surface area contributed by atoms with Crippen molar-refractivity contribution in [1.82, 2.24) is 0 Å². The van der Waals surface area contributed by atoms with Gasteiger partial charge >= 0.3 is 11.6 Å². The molecule has 0 bridgehead atoms. The highest BCUT2D eigenvalue weighted by Gasteiger charge is 2.13. The summed E-state index contributed by atoms with van der Waals surface area (Å²) in [6.07, 6.45) is 0. The van der Waals surface area contributed by atoms with Gasteiger partial charge in [0.25, 0.3) is 0 Å². The number of ether oxygens (including phenoxy) is 1. The van der Waals surface area contributed by atoms with Crippen LogP contribution in [-0.2, 0) is 0 Å². The van der Waals surface area contributed by atoms with Crippen molar-refractivity contribution in [2.24, 2.45) is 0 Å². The van der Waals surface area contributed by atoms with Gasteiger partial charge in [-0.25, -0.2) is 9.59 Å². The van der Waals surface area contributed by atoms with Crippen LogP contribution in [0.1, 0.15) is 10.4 Å². The fourth-order valence-electron chi connectivity index (χ4n) is 2.77. The number of esters is 1. The van der Waals surface area contributed by atoms with Gasteiger partial charge < -0.3 is 9.15 Å². The molecule has 0 N–H and O–H groups in total. The lowest BCUT2D eigenvalue weighted by molar-refractivity contribution is 0.0734. The van der Waals surface area contributed by atoms with Gasteiger partial charge in [0.2, 0.25) is 0 Å². The molecule has 0 amide bonds. The van der Waals surface area contributed by atoms with Crippen LogP contribution < -0.4 is 10.4 Å². The molecule has 4 aromatic rings. The van der Waals surface area contributed by atoms with Gasteiger partial charge in [-0.15, -0.1) is 0 Å². The molecule has 1 heterocycles. The van der Waals surface area contributed by atoms with Crippen molar-refractivity contribution >= 4 is 44.5 Å². The maximum absolute atomic E-state index is 12.4. The van der Waals surface area contributed by atoms with E-state index in [-0.39, 0.29) is 5.75 Å². The number of carbonyl (C=O) groups excluding carboxylic acids is 1. The lowest BCUT2D eigenvalue weighted by atomic mass is 10.1. The Labute approximate surface area is 173 Å². The first kappa shape index (κ1) is 18.5. The van der Waals surface area contributed by atoms with Crippen molar-refractivity contribution in [1.29, 1.82) is 0 Å². The summed E-state index contributed by atoms with van der Waals surface area (Å²) in [7, 11) is 0. The van der Waals surface area contributed by atoms with Gasteiger partial charge in [0, 0.05) is 20.9 Å². The summed E-state index contributed by atoms with van der Waals surface area (Å²) in [5, 5.41) is 1.30. The lowest BCUT2D eigenvalue weighted by Gasteiger charge is -2.07. The molecule has 138 valence electrons. The fraction of sp³-hybridized carbons (Fsp3) is 0. The Morgan fingerprint density at radius 1 is 0.964 bits per heavy atom. The molecule has 3 aromatic carbocycles. The SMILES string of the molecule is O=C(Oc1ccc2cc(-c3ccc(Cl)cc3)c(=O)oc2c1)c1ccccc1Br. The van der Waals surface area contributed by atoms with Gasteiger partial charge in [0.15, 0.2) is 0 Å². The highest BCUT2D eigenvalue weighted by Crippen LogP contribution is 2.26. The summed E-state index contributed by atoms with van der Waals surface area (Å²) in [5.74, 6) is -0.220. The zero-order valence-corrected chi connectivity index (χ0v) is 16.7. The summed E-state index contributed by atoms with van der Waals surface area (Å²) >= 11 is 9.23. The van der Waals surface area contributed by atoms with E-state index in [1.165, 1.54) is 6.07 Å². The number of halogens is 2. The molecular weight excluding hydrogens is 444 g/mol. The molecule has 1 aromatic heterocycles. The molecule has 0 aliphatic heterocycles. The highest BCUT2D eigenvalue weighted by atomic mass is 79.9. The predicted molar refractivity (Wildman–Crippen MR) is 112 cm³/mol. The van der Waals surface area contributed by atoms with Crippen molar-refractivity contribution in [3.63, 3.8) is 0 Å².